The second-order valence-electron chi connectivity index (χ2n) is 6.87. The number of anilines is 1. The van der Waals surface area contributed by atoms with Crippen LogP contribution < -0.4 is 10.1 Å². The minimum atomic E-state index is -0.0188. The summed E-state index contributed by atoms with van der Waals surface area (Å²) >= 11 is 3.16. The average molecular weight is 439 g/mol. The third-order valence-electron chi connectivity index (χ3n) is 4.56. The molecule has 0 saturated heterocycles. The van der Waals surface area contributed by atoms with Gasteiger partial charge < -0.3 is 14.5 Å². The molecule has 1 N–H and O–H groups in total. The highest BCUT2D eigenvalue weighted by molar-refractivity contribution is 7.99. The van der Waals surface area contributed by atoms with E-state index in [-0.39, 0.29) is 5.91 Å². The van der Waals surface area contributed by atoms with Crippen LogP contribution in [0, 0.1) is 6.92 Å². The summed E-state index contributed by atoms with van der Waals surface area (Å²) < 4.78 is 11.1. The fourth-order valence-corrected chi connectivity index (χ4v) is 4.53. The number of nitrogens with zero attached hydrogens (tertiary/aromatic N) is 1. The Kier molecular flexibility index (Phi) is 6.40. The molecule has 2 aromatic carbocycles. The molecule has 0 radical (unpaired) electrons. The van der Waals surface area contributed by atoms with E-state index < -0.39 is 0 Å². The van der Waals surface area contributed by atoms with Crippen LogP contribution in [0.1, 0.15) is 18.4 Å². The van der Waals surface area contributed by atoms with Crippen molar-refractivity contribution in [1.82, 2.24) is 4.98 Å². The van der Waals surface area contributed by atoms with Crippen LogP contribution >= 0.6 is 23.1 Å². The van der Waals surface area contributed by atoms with Crippen molar-refractivity contribution in [1.29, 1.82) is 0 Å². The van der Waals surface area contributed by atoms with Crippen LogP contribution in [0.5, 0.6) is 5.75 Å². The number of hydrogen-bond acceptors (Lipinski definition) is 6. The van der Waals surface area contributed by atoms with Gasteiger partial charge in [0, 0.05) is 22.1 Å². The number of methoxy groups -OCH3 is 1. The molecule has 4 rings (SSSR count). The van der Waals surface area contributed by atoms with E-state index in [4.69, 9.17) is 9.15 Å². The van der Waals surface area contributed by atoms with E-state index in [1.807, 2.05) is 29.6 Å². The number of furan rings is 1. The number of carbonyl (C=O) groups is 1. The molecule has 0 aliphatic rings. The highest BCUT2D eigenvalue weighted by Gasteiger charge is 2.12. The van der Waals surface area contributed by atoms with Crippen LogP contribution in [-0.2, 0) is 4.79 Å². The smallest absolute Gasteiger partial charge is 0.226 e. The Morgan fingerprint density at radius 1 is 1.20 bits per heavy atom. The Labute approximate surface area is 183 Å². The summed E-state index contributed by atoms with van der Waals surface area (Å²) in [6, 6.07) is 16.0. The lowest BCUT2D eigenvalue weighted by molar-refractivity contribution is -0.116. The quantitative estimate of drug-likeness (QED) is 0.255. The monoisotopic (exact) mass is 438 g/mol. The predicted molar refractivity (Wildman–Crippen MR) is 124 cm³/mol. The number of nitrogens with one attached hydrogen (secondary N) is 1. The molecular formula is C23H22N2O3S2. The lowest BCUT2D eigenvalue weighted by atomic mass is 10.2. The van der Waals surface area contributed by atoms with Crippen LogP contribution in [0.25, 0.3) is 22.4 Å². The number of ether oxygens (including phenoxy) is 1. The molecule has 2 heterocycles. The van der Waals surface area contributed by atoms with E-state index in [1.165, 1.54) is 21.8 Å². The first-order valence-corrected chi connectivity index (χ1v) is 11.5. The van der Waals surface area contributed by atoms with Crippen molar-refractivity contribution in [3.63, 3.8) is 0 Å². The number of carbonyl (C=O) groups excluding carboxylic acids is 1. The molecule has 0 aliphatic heterocycles. The minimum absolute atomic E-state index is 0.0188. The number of benzene rings is 2. The number of hydrogen-bond donors (Lipinski definition) is 1. The zero-order valence-corrected chi connectivity index (χ0v) is 18.4. The largest absolute Gasteiger partial charge is 0.497 e. The molecule has 0 aliphatic carbocycles. The predicted octanol–water partition coefficient (Wildman–Crippen LogP) is 6.38. The normalized spacial score (nSPS) is 11.0. The maximum absolute atomic E-state index is 12.2. The van der Waals surface area contributed by atoms with Gasteiger partial charge in [0.15, 0.2) is 10.9 Å². The van der Waals surface area contributed by atoms with Gasteiger partial charge in [0.1, 0.15) is 17.0 Å². The van der Waals surface area contributed by atoms with Crippen LogP contribution in [0.4, 0.5) is 5.13 Å². The molecule has 0 saturated carbocycles. The molecule has 0 atom stereocenters. The van der Waals surface area contributed by atoms with Crippen LogP contribution in [0.2, 0.25) is 0 Å². The zero-order chi connectivity index (χ0) is 20.9. The van der Waals surface area contributed by atoms with Crippen molar-refractivity contribution < 1.29 is 13.9 Å². The molecule has 4 aromatic rings. The first-order valence-electron chi connectivity index (χ1n) is 9.63. The lowest BCUT2D eigenvalue weighted by Crippen LogP contribution is -2.11. The lowest BCUT2D eigenvalue weighted by Gasteiger charge is -2.03. The molecule has 5 nitrogen and oxygen atoms in total. The molecule has 0 fully saturated rings. The highest BCUT2D eigenvalue weighted by Crippen LogP contribution is 2.32. The van der Waals surface area contributed by atoms with Gasteiger partial charge in [0.05, 0.1) is 7.11 Å². The summed E-state index contributed by atoms with van der Waals surface area (Å²) in [6.45, 7) is 2.08. The van der Waals surface area contributed by atoms with Gasteiger partial charge in [0.2, 0.25) is 5.91 Å². The fraction of sp³-hybridized carbons (Fsp3) is 0.217. The van der Waals surface area contributed by atoms with Gasteiger partial charge in [-0.15, -0.1) is 23.1 Å². The van der Waals surface area contributed by atoms with Gasteiger partial charge in [-0.25, -0.2) is 4.98 Å². The third kappa shape index (κ3) is 5.04. The summed E-state index contributed by atoms with van der Waals surface area (Å²) in [4.78, 5) is 18.0. The van der Waals surface area contributed by atoms with Gasteiger partial charge >= 0.3 is 0 Å². The zero-order valence-electron chi connectivity index (χ0n) is 16.8. The van der Waals surface area contributed by atoms with E-state index in [2.05, 4.69) is 41.5 Å². The van der Waals surface area contributed by atoms with Gasteiger partial charge in [-0.1, -0.05) is 17.7 Å². The molecule has 0 spiro atoms. The summed E-state index contributed by atoms with van der Waals surface area (Å²) in [6.07, 6.45) is 1.28. The van der Waals surface area contributed by atoms with Gasteiger partial charge in [-0.05, 0) is 55.5 Å². The van der Waals surface area contributed by atoms with E-state index in [0.29, 0.717) is 23.0 Å². The Morgan fingerprint density at radius 2 is 2.03 bits per heavy atom. The second kappa shape index (κ2) is 9.36. The van der Waals surface area contributed by atoms with Crippen molar-refractivity contribution >= 4 is 45.1 Å². The van der Waals surface area contributed by atoms with E-state index in [9.17, 15) is 4.79 Å². The number of thioether (sulfide) groups is 1. The standard InChI is InChI=1S/C23H22N2O3S2/c1-15-5-8-18(9-6-15)29-11-3-4-22(26)25-23-24-19(14-30-23)21-13-16-12-17(27-2)7-10-20(16)28-21/h5-10,12-14H,3-4,11H2,1-2H3,(H,24,25,26). The number of rotatable bonds is 8. The minimum Gasteiger partial charge on any atom is -0.497 e. The molecule has 0 bridgehead atoms. The molecule has 7 heteroatoms. The number of aryl methyl sites for hydroxylation is 1. The first kappa shape index (κ1) is 20.5. The van der Waals surface area contributed by atoms with Gasteiger partial charge in [-0.2, -0.15) is 0 Å². The molecule has 30 heavy (non-hydrogen) atoms. The summed E-state index contributed by atoms with van der Waals surface area (Å²) in [5.41, 5.74) is 2.74. The first-order chi connectivity index (χ1) is 14.6. The van der Waals surface area contributed by atoms with Crippen molar-refractivity contribution in [3.05, 3.63) is 59.5 Å². The Bertz CT molecular complexity index is 1150. The van der Waals surface area contributed by atoms with E-state index in [0.717, 1.165) is 28.9 Å². The molecule has 0 unspecified atom stereocenters. The maximum atomic E-state index is 12.2. The fourth-order valence-electron chi connectivity index (χ4n) is 2.96. The second-order valence-corrected chi connectivity index (χ2v) is 8.89. The maximum Gasteiger partial charge on any atom is 0.226 e. The van der Waals surface area contributed by atoms with Crippen molar-refractivity contribution in [3.8, 4) is 17.2 Å². The number of fused-ring (bicyclic) bond motifs is 1. The third-order valence-corrected chi connectivity index (χ3v) is 6.42. The topological polar surface area (TPSA) is 64.4 Å². The molecular weight excluding hydrogens is 416 g/mol. The number of thiazole rings is 1. The Hall–Kier alpha value is -2.77. The van der Waals surface area contributed by atoms with Crippen LogP contribution in [0.3, 0.4) is 0 Å². The molecule has 154 valence electrons. The van der Waals surface area contributed by atoms with Crippen molar-refractivity contribution in [2.24, 2.45) is 0 Å². The van der Waals surface area contributed by atoms with Crippen LogP contribution in [-0.4, -0.2) is 23.8 Å². The van der Waals surface area contributed by atoms with Crippen molar-refractivity contribution in [2.45, 2.75) is 24.7 Å². The number of amides is 1. The van der Waals surface area contributed by atoms with Gasteiger partial charge in [-0.3, -0.25) is 4.79 Å². The van der Waals surface area contributed by atoms with E-state index >= 15 is 0 Å². The number of aromatic nitrogens is 1. The van der Waals surface area contributed by atoms with Gasteiger partial charge in [0.25, 0.3) is 0 Å². The molecule has 1 amide bonds. The summed E-state index contributed by atoms with van der Waals surface area (Å²) in [7, 11) is 1.64. The van der Waals surface area contributed by atoms with E-state index in [1.54, 1.807) is 18.9 Å². The SMILES string of the molecule is COc1ccc2oc(-c3csc(NC(=O)CCCSc4ccc(C)cc4)n3)cc2c1. The summed E-state index contributed by atoms with van der Waals surface area (Å²) in [5.74, 6) is 2.34. The van der Waals surface area contributed by atoms with Crippen molar-refractivity contribution in [2.75, 3.05) is 18.2 Å². The Morgan fingerprint density at radius 3 is 2.83 bits per heavy atom. The average Bonchev–Trinajstić information content (AvgIpc) is 3.38. The van der Waals surface area contributed by atoms with Crippen LogP contribution in [0.15, 0.2) is 63.2 Å². The Balaban J connectivity index is 1.29. The highest BCUT2D eigenvalue weighted by atomic mass is 32.2. The molecule has 2 aromatic heterocycles. The summed E-state index contributed by atoms with van der Waals surface area (Å²) in [5, 5.41) is 6.31.